The monoisotopic (exact) mass is 438 g/mol. The number of amides is 1. The molecule has 0 unspecified atom stereocenters. The smallest absolute Gasteiger partial charge is 0.364 e. The molecule has 0 bridgehead atoms. The Hall–Kier alpha value is -3.45. The number of alkyl halides is 3. The Morgan fingerprint density at radius 2 is 1.58 bits per heavy atom. The van der Waals surface area contributed by atoms with Crippen LogP contribution in [0.3, 0.4) is 0 Å². The second-order valence-corrected chi connectivity index (χ2v) is 7.92. The van der Waals surface area contributed by atoms with Crippen molar-refractivity contribution in [1.29, 1.82) is 0 Å². The molecule has 2 aromatic carbocycles. The number of rotatable bonds is 4. The number of carbonyl (C=O) groups excluding carboxylic acids is 1. The molecule has 0 saturated carbocycles. The number of carbonyl (C=O) groups is 1. The van der Waals surface area contributed by atoms with Crippen molar-refractivity contribution in [2.45, 2.75) is 12.6 Å². The topological polar surface area (TPSA) is 56.0 Å². The van der Waals surface area contributed by atoms with E-state index in [9.17, 15) is 18.0 Å². The van der Waals surface area contributed by atoms with E-state index in [1.807, 2.05) is 54.6 Å². The molecule has 156 valence electrons. The number of thiazole rings is 1. The lowest BCUT2D eigenvalue weighted by molar-refractivity contribution is -0.0928. The van der Waals surface area contributed by atoms with E-state index in [1.54, 1.807) is 6.08 Å². The quantitative estimate of drug-likeness (QED) is 0.512. The fourth-order valence-electron chi connectivity index (χ4n) is 3.23. The second kappa shape index (κ2) is 8.35. The van der Waals surface area contributed by atoms with Gasteiger partial charge < -0.3 is 5.73 Å². The van der Waals surface area contributed by atoms with Crippen molar-refractivity contribution < 1.29 is 18.0 Å². The largest absolute Gasteiger partial charge is 0.412 e. The normalized spacial score (nSPS) is 14.0. The van der Waals surface area contributed by atoms with Crippen molar-refractivity contribution in [1.82, 2.24) is 4.98 Å². The number of allylic oxidation sites excluding steroid dienone is 6. The van der Waals surface area contributed by atoms with Gasteiger partial charge in [0.05, 0.1) is 4.88 Å². The van der Waals surface area contributed by atoms with Crippen molar-refractivity contribution in [3.05, 3.63) is 95.2 Å². The molecule has 3 nitrogen and oxygen atoms in total. The number of halogens is 3. The summed E-state index contributed by atoms with van der Waals surface area (Å²) in [4.78, 5) is 16.9. The molecule has 7 heteroatoms. The molecule has 3 aromatic rings. The number of nitrogens with zero attached hydrogens (tertiary/aromatic N) is 1. The molecule has 31 heavy (non-hydrogen) atoms. The van der Waals surface area contributed by atoms with Crippen molar-refractivity contribution in [3.8, 4) is 21.6 Å². The van der Waals surface area contributed by atoms with Crippen LogP contribution in [0, 0.1) is 0 Å². The maximum Gasteiger partial charge on any atom is 0.412 e. The third-order valence-electron chi connectivity index (χ3n) is 4.83. The van der Waals surface area contributed by atoms with Gasteiger partial charge in [-0.15, -0.1) is 11.3 Å². The minimum absolute atomic E-state index is 0.103. The molecule has 0 atom stereocenters. The van der Waals surface area contributed by atoms with Crippen LogP contribution in [0.1, 0.15) is 21.9 Å². The summed E-state index contributed by atoms with van der Waals surface area (Å²) in [6.07, 6.45) is 0.848. The first-order chi connectivity index (χ1) is 14.8. The van der Waals surface area contributed by atoms with Crippen LogP contribution in [0.25, 0.3) is 27.1 Å². The van der Waals surface area contributed by atoms with Crippen LogP contribution in [-0.4, -0.2) is 17.1 Å². The summed E-state index contributed by atoms with van der Waals surface area (Å²) < 4.78 is 39.0. The number of hydrogen-bond acceptors (Lipinski definition) is 3. The molecule has 0 aliphatic heterocycles. The molecule has 0 radical (unpaired) electrons. The van der Waals surface area contributed by atoms with Crippen LogP contribution in [-0.2, 0) is 0 Å². The van der Waals surface area contributed by atoms with E-state index in [0.29, 0.717) is 15.5 Å². The lowest BCUT2D eigenvalue weighted by atomic mass is 10.0. The minimum atomic E-state index is -4.39. The minimum Gasteiger partial charge on any atom is -0.364 e. The van der Waals surface area contributed by atoms with Gasteiger partial charge in [0.2, 0.25) is 0 Å². The Labute approximate surface area is 181 Å². The summed E-state index contributed by atoms with van der Waals surface area (Å²) in [5, 5.41) is 0.437. The molecule has 0 saturated heterocycles. The number of aromatic nitrogens is 1. The Balaban J connectivity index is 1.71. The number of primary amides is 1. The summed E-state index contributed by atoms with van der Waals surface area (Å²) in [7, 11) is 0. The molecule has 1 amide bonds. The third kappa shape index (κ3) is 4.51. The van der Waals surface area contributed by atoms with E-state index >= 15 is 0 Å². The van der Waals surface area contributed by atoms with Gasteiger partial charge in [-0.2, -0.15) is 13.2 Å². The van der Waals surface area contributed by atoms with Gasteiger partial charge in [-0.25, -0.2) is 4.98 Å². The molecule has 4 rings (SSSR count). The molecule has 1 aliphatic carbocycles. The lowest BCUT2D eigenvalue weighted by Gasteiger charge is -2.07. The van der Waals surface area contributed by atoms with Crippen LogP contribution in [0.15, 0.2) is 84.5 Å². The van der Waals surface area contributed by atoms with Gasteiger partial charge in [0.25, 0.3) is 5.91 Å². The van der Waals surface area contributed by atoms with Gasteiger partial charge in [-0.3, -0.25) is 4.79 Å². The van der Waals surface area contributed by atoms with E-state index in [2.05, 4.69) is 4.98 Å². The van der Waals surface area contributed by atoms with Crippen molar-refractivity contribution in [2.75, 3.05) is 0 Å². The molecule has 0 spiro atoms. The van der Waals surface area contributed by atoms with Crippen LogP contribution in [0.2, 0.25) is 0 Å². The molecule has 0 fully saturated rings. The Morgan fingerprint density at radius 3 is 2.23 bits per heavy atom. The lowest BCUT2D eigenvalue weighted by Crippen LogP contribution is -2.12. The van der Waals surface area contributed by atoms with Crippen LogP contribution in [0.4, 0.5) is 13.2 Å². The van der Waals surface area contributed by atoms with E-state index in [0.717, 1.165) is 22.8 Å². The zero-order valence-corrected chi connectivity index (χ0v) is 17.0. The fourth-order valence-corrected chi connectivity index (χ4v) is 4.31. The van der Waals surface area contributed by atoms with Crippen molar-refractivity contribution in [2.24, 2.45) is 5.73 Å². The summed E-state index contributed by atoms with van der Waals surface area (Å²) in [6.45, 7) is 0. The maximum atomic E-state index is 13.0. The highest BCUT2D eigenvalue weighted by atomic mass is 32.1. The summed E-state index contributed by atoms with van der Waals surface area (Å²) in [5.41, 5.74) is 8.35. The van der Waals surface area contributed by atoms with E-state index < -0.39 is 17.7 Å². The average molecular weight is 438 g/mol. The highest BCUT2D eigenvalue weighted by molar-refractivity contribution is 7.16. The zero-order chi connectivity index (χ0) is 22.0. The summed E-state index contributed by atoms with van der Waals surface area (Å²) >= 11 is 1.23. The van der Waals surface area contributed by atoms with Gasteiger partial charge in [0, 0.05) is 11.1 Å². The number of nitrogens with two attached hydrogens (primary N) is 1. The van der Waals surface area contributed by atoms with Crippen molar-refractivity contribution in [3.63, 3.8) is 0 Å². The molecule has 1 heterocycles. The summed E-state index contributed by atoms with van der Waals surface area (Å²) in [6, 6.07) is 17.5. The van der Waals surface area contributed by atoms with Crippen LogP contribution >= 0.6 is 11.3 Å². The maximum absolute atomic E-state index is 13.0. The number of hydrogen-bond donors (Lipinski definition) is 1. The van der Waals surface area contributed by atoms with E-state index in [-0.39, 0.29) is 12.1 Å². The summed E-state index contributed by atoms with van der Waals surface area (Å²) in [5.74, 6) is -0.686. The van der Waals surface area contributed by atoms with Gasteiger partial charge in [-0.05, 0) is 23.1 Å². The van der Waals surface area contributed by atoms with E-state index in [1.165, 1.54) is 23.5 Å². The van der Waals surface area contributed by atoms with E-state index in [4.69, 9.17) is 5.73 Å². The van der Waals surface area contributed by atoms with Crippen molar-refractivity contribution >= 4 is 22.8 Å². The molecule has 1 aromatic heterocycles. The van der Waals surface area contributed by atoms with Gasteiger partial charge >= 0.3 is 6.18 Å². The van der Waals surface area contributed by atoms with Gasteiger partial charge in [-0.1, -0.05) is 78.9 Å². The first kappa shape index (κ1) is 20.8. The highest BCUT2D eigenvalue weighted by Gasteiger charge is 2.32. The van der Waals surface area contributed by atoms with Gasteiger partial charge in [0.15, 0.2) is 0 Å². The molecule has 1 aliphatic rings. The average Bonchev–Trinajstić information content (AvgIpc) is 3.04. The standard InChI is InChI=1S/C24H17F3N2OS/c25-24(26,27)19-8-4-7-18(13-14-19)23-29-20(22(28)30)21(31-23)17-11-9-16(10-12-17)15-5-2-1-3-6-15/h1-7,9-14H,8H2,(H2,28,30). The van der Waals surface area contributed by atoms with Crippen LogP contribution < -0.4 is 5.73 Å². The first-order valence-electron chi connectivity index (χ1n) is 9.44. The van der Waals surface area contributed by atoms with Gasteiger partial charge in [0.1, 0.15) is 10.7 Å². The zero-order valence-electron chi connectivity index (χ0n) is 16.2. The second-order valence-electron chi connectivity index (χ2n) is 6.92. The third-order valence-corrected chi connectivity index (χ3v) is 5.98. The molecule has 2 N–H and O–H groups in total. The predicted octanol–water partition coefficient (Wildman–Crippen LogP) is 6.41. The Kier molecular flexibility index (Phi) is 5.61. The SMILES string of the molecule is NC(=O)c1nc(C2=CC=C(C(F)(F)F)CC=C2)sc1-c1ccc(-c2ccccc2)cc1. The molecular weight excluding hydrogens is 421 g/mol. The fraction of sp³-hybridized carbons (Fsp3) is 0.0833. The first-order valence-corrected chi connectivity index (χ1v) is 10.3. The Bertz CT molecular complexity index is 1200. The molecular formula is C24H17F3N2OS. The predicted molar refractivity (Wildman–Crippen MR) is 117 cm³/mol. The number of benzene rings is 2. The van der Waals surface area contributed by atoms with Crippen LogP contribution in [0.5, 0.6) is 0 Å². The Morgan fingerprint density at radius 1 is 0.935 bits per heavy atom. The highest BCUT2D eigenvalue weighted by Crippen LogP contribution is 2.37.